The molecule has 14 nitrogen and oxygen atoms in total. The van der Waals surface area contributed by atoms with Crippen LogP contribution in [0.15, 0.2) is 36.0 Å². The molecule has 15 atom stereocenters. The first-order valence-corrected chi connectivity index (χ1v) is 26.0. The summed E-state index contributed by atoms with van der Waals surface area (Å²) in [5.74, 6) is -6.67. The summed E-state index contributed by atoms with van der Waals surface area (Å²) in [5.41, 5.74) is 1.68. The van der Waals surface area contributed by atoms with Gasteiger partial charge in [0.05, 0.1) is 36.9 Å². The lowest BCUT2D eigenvalue weighted by atomic mass is 9.82. The number of cyclic esters (lactones) is 2. The van der Waals surface area contributed by atoms with Crippen molar-refractivity contribution >= 4 is 41.2 Å². The first-order valence-electron chi connectivity index (χ1n) is 25.0. The van der Waals surface area contributed by atoms with Gasteiger partial charge in [-0.05, 0) is 120 Å². The van der Waals surface area contributed by atoms with E-state index in [2.05, 4.69) is 12.7 Å². The van der Waals surface area contributed by atoms with E-state index in [1.54, 1.807) is 27.0 Å². The van der Waals surface area contributed by atoms with Gasteiger partial charge in [-0.3, -0.25) is 19.2 Å². The Morgan fingerprint density at radius 3 is 2.31 bits per heavy atom. The number of amides is 1. The fraction of sp³-hybridized carbons (Fsp3) is 0.788. The number of rotatable bonds is 13. The molecule has 15 heteroatoms. The van der Waals surface area contributed by atoms with Crippen molar-refractivity contribution in [3.8, 4) is 0 Å². The number of hydrogen-bond donors (Lipinski definition) is 2. The summed E-state index contributed by atoms with van der Waals surface area (Å²) in [6.07, 6.45) is 10.5. The van der Waals surface area contributed by atoms with E-state index in [0.29, 0.717) is 49.5 Å². The zero-order valence-corrected chi connectivity index (χ0v) is 42.3. The van der Waals surface area contributed by atoms with E-state index in [4.69, 9.17) is 28.4 Å². The molecule has 3 unspecified atom stereocenters. The molecule has 378 valence electrons. The standard InChI is InChI=1S/C52H81NO13S/c1-10-15-38-25-31(2)24-32(3)26-43(62-8)47-44(63-9)28-34(5)52(60,66-47)48(56)49(57)53-21-13-11-17-39(53)51(59)65-46(35(6)40(54)30-41(38)55)33(4)27-36-18-19-45(42(29-36)61-7)67-23-14-12-16-37-20-22-64-50(37)58/h10,25,27,32,34-40,42-47,54,60H,1,11-24,26,28-30H2,2-9H3/b31-25+,33-27+/t32-,34+,35+,36-,37?,38+,39-,40-,42+,43-,44-,45?,46+,47?,52+/m0/s1. The number of ether oxygens (including phenoxy) is 6. The van der Waals surface area contributed by atoms with Crippen molar-refractivity contribution in [2.45, 2.75) is 185 Å². The molecule has 1 amide bonds. The molecule has 5 aliphatic rings. The number of thioether (sulfide) groups is 1. The fourth-order valence-corrected chi connectivity index (χ4v) is 12.5. The molecule has 1 aliphatic carbocycles. The van der Waals surface area contributed by atoms with E-state index < -0.39 is 77.8 Å². The molecule has 0 spiro atoms. The predicted octanol–water partition coefficient (Wildman–Crippen LogP) is 7.11. The molecule has 0 radical (unpaired) electrons. The number of nitrogens with zero attached hydrogens (tertiary/aromatic N) is 1. The number of Topliss-reactive ketones (excluding diaryl/α,β-unsaturated/α-hetero) is 2. The van der Waals surface area contributed by atoms with Crippen LogP contribution < -0.4 is 0 Å². The van der Waals surface area contributed by atoms with E-state index >= 15 is 0 Å². The highest BCUT2D eigenvalue weighted by atomic mass is 32.2. The molecule has 0 aromatic carbocycles. The van der Waals surface area contributed by atoms with Gasteiger partial charge in [0.25, 0.3) is 11.7 Å². The summed E-state index contributed by atoms with van der Waals surface area (Å²) in [4.78, 5) is 70.5. The average Bonchev–Trinajstić information content (AvgIpc) is 3.73. The third kappa shape index (κ3) is 14.1. The van der Waals surface area contributed by atoms with Gasteiger partial charge in [-0.15, -0.1) is 6.58 Å². The zero-order chi connectivity index (χ0) is 49.0. The van der Waals surface area contributed by atoms with Crippen molar-refractivity contribution in [2.24, 2.45) is 35.5 Å². The molecule has 2 N–H and O–H groups in total. The quantitative estimate of drug-likeness (QED) is 0.0824. The summed E-state index contributed by atoms with van der Waals surface area (Å²) < 4.78 is 35.6. The number of unbranched alkanes of at least 4 members (excludes halogenated alkanes) is 1. The molecule has 4 heterocycles. The lowest BCUT2D eigenvalue weighted by Gasteiger charge is -2.47. The van der Waals surface area contributed by atoms with Gasteiger partial charge in [0.2, 0.25) is 5.79 Å². The van der Waals surface area contributed by atoms with E-state index in [1.165, 1.54) is 19.1 Å². The number of fused-ring (bicyclic) bond motifs is 3. The molecule has 2 bridgehead atoms. The molecular weight excluding hydrogens is 879 g/mol. The monoisotopic (exact) mass is 960 g/mol. The molecule has 1 saturated carbocycles. The van der Waals surface area contributed by atoms with Crippen molar-refractivity contribution in [3.05, 3.63) is 36.0 Å². The second kappa shape index (κ2) is 25.8. The van der Waals surface area contributed by atoms with Crippen molar-refractivity contribution in [2.75, 3.05) is 40.2 Å². The van der Waals surface area contributed by atoms with Crippen LogP contribution in [0.4, 0.5) is 0 Å². The number of aliphatic hydroxyl groups excluding tert-OH is 1. The lowest BCUT2D eigenvalue weighted by Crippen LogP contribution is -2.64. The van der Waals surface area contributed by atoms with Crippen LogP contribution >= 0.6 is 11.8 Å². The molecule has 0 aromatic heterocycles. The van der Waals surface area contributed by atoms with E-state index in [9.17, 15) is 34.2 Å². The molecule has 0 aromatic rings. The minimum atomic E-state index is -2.51. The second-order valence-electron chi connectivity index (χ2n) is 20.3. The summed E-state index contributed by atoms with van der Waals surface area (Å²) >= 11 is 1.91. The van der Waals surface area contributed by atoms with Gasteiger partial charge in [0, 0.05) is 57.3 Å². The number of esters is 2. The van der Waals surface area contributed by atoms with E-state index in [1.807, 2.05) is 38.6 Å². The van der Waals surface area contributed by atoms with Gasteiger partial charge in [0.1, 0.15) is 24.0 Å². The van der Waals surface area contributed by atoms with Crippen molar-refractivity contribution in [1.82, 2.24) is 4.90 Å². The molecule has 3 saturated heterocycles. The van der Waals surface area contributed by atoms with Crippen LogP contribution in [0.3, 0.4) is 0 Å². The zero-order valence-electron chi connectivity index (χ0n) is 41.5. The number of hydrogen-bond acceptors (Lipinski definition) is 14. The number of ketones is 2. The van der Waals surface area contributed by atoms with Gasteiger partial charge in [0.15, 0.2) is 0 Å². The second-order valence-corrected chi connectivity index (χ2v) is 21.6. The van der Waals surface area contributed by atoms with Crippen molar-refractivity contribution in [3.63, 3.8) is 0 Å². The van der Waals surface area contributed by atoms with Gasteiger partial charge >= 0.3 is 11.9 Å². The van der Waals surface area contributed by atoms with Crippen LogP contribution in [-0.2, 0) is 52.4 Å². The lowest BCUT2D eigenvalue weighted by molar-refractivity contribution is -0.302. The third-order valence-electron chi connectivity index (χ3n) is 15.2. The fourth-order valence-electron chi connectivity index (χ4n) is 11.1. The summed E-state index contributed by atoms with van der Waals surface area (Å²) in [5, 5.41) is 24.3. The highest BCUT2D eigenvalue weighted by Crippen LogP contribution is 2.40. The number of carbonyl (C=O) groups excluding carboxylic acids is 5. The number of piperidine rings is 1. The van der Waals surface area contributed by atoms with Gasteiger partial charge in [-0.25, -0.2) is 4.79 Å². The van der Waals surface area contributed by atoms with Crippen LogP contribution in [0.25, 0.3) is 0 Å². The van der Waals surface area contributed by atoms with E-state index in [0.717, 1.165) is 56.3 Å². The van der Waals surface area contributed by atoms with Crippen LogP contribution in [-0.4, -0.2) is 138 Å². The Kier molecular flexibility index (Phi) is 21.2. The van der Waals surface area contributed by atoms with Crippen molar-refractivity contribution in [1.29, 1.82) is 0 Å². The number of methoxy groups -OCH3 is 3. The molecule has 5 rings (SSSR count). The SMILES string of the molecule is C=CC[C@@H]1/C=C(\C)C[C@H](C)C[C@H](OC)C2O[C@@](O)(C(=O)C(=O)N3CCCC[C@H]3C(=O)O[C@H](/C(C)=C/[C@@H]3CCC(SCCCCC4CCOC4=O)[C@H](OC)C3)[C@H](C)[C@@H](O)CC1=O)[C@H](C)C[C@@H]2OC. The Morgan fingerprint density at radius 1 is 0.925 bits per heavy atom. The minimum Gasteiger partial charge on any atom is -0.465 e. The van der Waals surface area contributed by atoms with Gasteiger partial charge in [-0.2, -0.15) is 11.8 Å². The first-order chi connectivity index (χ1) is 31.9. The molecule has 4 aliphatic heterocycles. The molecule has 4 fully saturated rings. The van der Waals surface area contributed by atoms with Gasteiger partial charge < -0.3 is 43.5 Å². The minimum absolute atomic E-state index is 0.00769. The van der Waals surface area contributed by atoms with Crippen LogP contribution in [0.2, 0.25) is 0 Å². The summed E-state index contributed by atoms with van der Waals surface area (Å²) in [7, 11) is 4.80. The Balaban J connectivity index is 1.42. The number of allylic oxidation sites excluding steroid dienone is 4. The average molecular weight is 960 g/mol. The van der Waals surface area contributed by atoms with Gasteiger partial charge in [-0.1, -0.05) is 51.0 Å². The Morgan fingerprint density at radius 2 is 1.64 bits per heavy atom. The maximum Gasteiger partial charge on any atom is 0.329 e. The number of carbonyl (C=O) groups is 5. The Labute approximate surface area is 403 Å². The maximum absolute atomic E-state index is 14.6. The van der Waals surface area contributed by atoms with Crippen LogP contribution in [0.1, 0.15) is 131 Å². The smallest absolute Gasteiger partial charge is 0.329 e. The topological polar surface area (TPSA) is 184 Å². The maximum atomic E-state index is 14.6. The predicted molar refractivity (Wildman–Crippen MR) is 256 cm³/mol. The van der Waals surface area contributed by atoms with Crippen LogP contribution in [0.5, 0.6) is 0 Å². The summed E-state index contributed by atoms with van der Waals surface area (Å²) in [6, 6.07) is -1.14. The normalized spacial score (nSPS) is 38.8. The number of aliphatic hydroxyl groups is 2. The summed E-state index contributed by atoms with van der Waals surface area (Å²) in [6.45, 7) is 13.8. The van der Waals surface area contributed by atoms with Crippen LogP contribution in [0, 0.1) is 35.5 Å². The molecular formula is C52H81NO13S. The third-order valence-corrected chi connectivity index (χ3v) is 16.7. The Hall–Kier alpha value is -2.92. The van der Waals surface area contributed by atoms with E-state index in [-0.39, 0.29) is 61.4 Å². The van der Waals surface area contributed by atoms with Crippen molar-refractivity contribution < 1.29 is 62.6 Å². The largest absolute Gasteiger partial charge is 0.465 e. The highest BCUT2D eigenvalue weighted by Gasteiger charge is 2.56. The first kappa shape index (κ1) is 55.0. The Bertz CT molecular complexity index is 1770. The molecule has 67 heavy (non-hydrogen) atoms. The highest BCUT2D eigenvalue weighted by molar-refractivity contribution is 7.99.